The molecule has 7 aromatic rings. The number of nitro groups is 1. The summed E-state index contributed by atoms with van der Waals surface area (Å²) < 4.78 is 47.9. The summed E-state index contributed by atoms with van der Waals surface area (Å²) in [5.74, 6) is 1.41. The molecule has 1 spiro atoms. The number of pyridine rings is 2. The predicted octanol–water partition coefficient (Wildman–Crippen LogP) is 8.93. The summed E-state index contributed by atoms with van der Waals surface area (Å²) in [6.07, 6.45) is 11.6. The van der Waals surface area contributed by atoms with Crippen LogP contribution in [0.15, 0.2) is 103 Å². The molecule has 75 heavy (non-hydrogen) atoms. The molecule has 3 aliphatic heterocycles. The standard InChI is InChI=1S/C55H63N11O8S/c1-35(2)42-6-4-5-7-43(42)46-33-63(32-37-8-10-40(72-3)11-9-37)20-21-65(46)39-27-55(28-39)15-18-64(19-16-55)49-26-47(74-41-24-38-12-17-56-53(38)59-30-41)44(31-57-49)54(67)62-75(70,71)48-25-45(66(68)69)50(52-51(48)60-34-61-52)58-29-36-13-22-73-23-14-36/h4-12,17,24-26,30-31,34-36,39,46,58H,13-16,18-23,27-29,32-33H2,1-3H3,(H,56,59)(H,60,61)(H,62,67). The van der Waals surface area contributed by atoms with Gasteiger partial charge in [-0.1, -0.05) is 50.2 Å². The van der Waals surface area contributed by atoms with Gasteiger partial charge >= 0.3 is 0 Å². The number of carbonyl (C=O) groups excluding carboxylic acids is 1. The second-order valence-electron chi connectivity index (χ2n) is 20.9. The number of methoxy groups -OCH3 is 1. The molecule has 4 aliphatic rings. The van der Waals surface area contributed by atoms with Crippen molar-refractivity contribution >= 4 is 55.2 Å². The fourth-order valence-corrected chi connectivity index (χ4v) is 13.0. The molecular weight excluding hydrogens is 975 g/mol. The van der Waals surface area contributed by atoms with Crippen LogP contribution in [0.4, 0.5) is 17.2 Å². The maximum Gasteiger partial charge on any atom is 0.296 e. The third-order valence-corrected chi connectivity index (χ3v) is 17.3. The van der Waals surface area contributed by atoms with Gasteiger partial charge in [0.05, 0.1) is 30.1 Å². The van der Waals surface area contributed by atoms with Crippen molar-refractivity contribution in [2.24, 2.45) is 11.3 Å². The highest BCUT2D eigenvalue weighted by molar-refractivity contribution is 7.90. The first-order valence-corrected chi connectivity index (χ1v) is 27.4. The number of carbonyl (C=O) groups is 1. The highest BCUT2D eigenvalue weighted by Gasteiger charge is 2.50. The van der Waals surface area contributed by atoms with Crippen molar-refractivity contribution in [3.8, 4) is 17.2 Å². The third-order valence-electron chi connectivity index (χ3n) is 16.0. The first-order valence-electron chi connectivity index (χ1n) is 25.9. The van der Waals surface area contributed by atoms with Crippen LogP contribution in [0.25, 0.3) is 22.1 Å². The summed E-state index contributed by atoms with van der Waals surface area (Å²) in [6.45, 7) is 11.5. The molecule has 1 saturated carbocycles. The van der Waals surface area contributed by atoms with Crippen LogP contribution < -0.4 is 24.4 Å². The van der Waals surface area contributed by atoms with Crippen LogP contribution in [-0.4, -0.2) is 120 Å². The number of nitrogens with one attached hydrogen (secondary N) is 4. The summed E-state index contributed by atoms with van der Waals surface area (Å²) >= 11 is 0. The van der Waals surface area contributed by atoms with Gasteiger partial charge in [-0.2, -0.15) is 0 Å². The minimum Gasteiger partial charge on any atom is -0.497 e. The van der Waals surface area contributed by atoms with E-state index < -0.39 is 31.4 Å². The Bertz CT molecular complexity index is 3320. The number of amides is 1. The predicted molar refractivity (Wildman–Crippen MR) is 285 cm³/mol. The minimum absolute atomic E-state index is 0.0635. The van der Waals surface area contributed by atoms with Crippen molar-refractivity contribution in [1.82, 2.24) is 39.4 Å². The van der Waals surface area contributed by atoms with E-state index in [-0.39, 0.29) is 45.4 Å². The molecule has 7 heterocycles. The number of benzene rings is 3. The largest absolute Gasteiger partial charge is 0.497 e. The monoisotopic (exact) mass is 1040 g/mol. The molecule has 20 heteroatoms. The Hall–Kier alpha value is -7.13. The number of imidazole rings is 1. The number of sulfonamides is 1. The van der Waals surface area contributed by atoms with E-state index in [1.54, 1.807) is 25.4 Å². The first-order chi connectivity index (χ1) is 36.3. The van der Waals surface area contributed by atoms with Crippen molar-refractivity contribution in [3.05, 3.63) is 130 Å². The number of fused-ring (bicyclic) bond motifs is 2. The van der Waals surface area contributed by atoms with Crippen LogP contribution in [-0.2, 0) is 21.3 Å². The molecule has 1 unspecified atom stereocenters. The van der Waals surface area contributed by atoms with Crippen LogP contribution in [0, 0.1) is 21.4 Å². The Kier molecular flexibility index (Phi) is 13.9. The van der Waals surface area contributed by atoms with Crippen LogP contribution in [0.3, 0.4) is 0 Å². The van der Waals surface area contributed by atoms with E-state index >= 15 is 0 Å². The summed E-state index contributed by atoms with van der Waals surface area (Å²) in [5.41, 5.74) is 4.49. The zero-order valence-electron chi connectivity index (χ0n) is 42.5. The number of piperazine rings is 1. The molecule has 4 aromatic heterocycles. The molecule has 11 rings (SSSR count). The molecule has 3 aromatic carbocycles. The topological polar surface area (TPSA) is 226 Å². The summed E-state index contributed by atoms with van der Waals surface area (Å²) in [4.78, 5) is 52.6. The first kappa shape index (κ1) is 50.0. The molecule has 1 aliphatic carbocycles. The van der Waals surface area contributed by atoms with E-state index in [4.69, 9.17) is 19.2 Å². The number of hydrogen-bond donors (Lipinski definition) is 4. The molecule has 392 valence electrons. The number of aromatic amines is 2. The van der Waals surface area contributed by atoms with Gasteiger partial charge in [-0.05, 0) is 96.7 Å². The van der Waals surface area contributed by atoms with Gasteiger partial charge in [-0.3, -0.25) is 24.7 Å². The number of anilines is 2. The quantitative estimate of drug-likeness (QED) is 0.0523. The fraction of sp³-hybridized carbons (Fsp3) is 0.418. The Morgan fingerprint density at radius 1 is 0.947 bits per heavy atom. The van der Waals surface area contributed by atoms with Crippen molar-refractivity contribution in [3.63, 3.8) is 0 Å². The maximum atomic E-state index is 14.3. The van der Waals surface area contributed by atoms with Crippen LogP contribution in [0.5, 0.6) is 17.2 Å². The van der Waals surface area contributed by atoms with Crippen molar-refractivity contribution < 1.29 is 32.3 Å². The van der Waals surface area contributed by atoms with E-state index in [2.05, 4.69) is 94.9 Å². The minimum atomic E-state index is -4.77. The molecule has 19 nitrogen and oxygen atoms in total. The van der Waals surface area contributed by atoms with Crippen LogP contribution in [0.2, 0.25) is 0 Å². The van der Waals surface area contributed by atoms with E-state index in [1.807, 2.05) is 18.2 Å². The van der Waals surface area contributed by atoms with Gasteiger partial charge in [0.1, 0.15) is 50.4 Å². The van der Waals surface area contributed by atoms with Gasteiger partial charge in [0, 0.05) is 101 Å². The smallest absolute Gasteiger partial charge is 0.296 e. The summed E-state index contributed by atoms with van der Waals surface area (Å²) in [6, 6.07) is 24.4. The number of rotatable bonds is 16. The van der Waals surface area contributed by atoms with Gasteiger partial charge in [0.25, 0.3) is 21.6 Å². The highest BCUT2D eigenvalue weighted by Crippen LogP contribution is 2.53. The second-order valence-corrected chi connectivity index (χ2v) is 22.6. The zero-order chi connectivity index (χ0) is 51.8. The number of nitro benzene ring substituents is 1. The average molecular weight is 1040 g/mol. The van der Waals surface area contributed by atoms with Gasteiger partial charge in [-0.25, -0.2) is 28.1 Å². The van der Waals surface area contributed by atoms with Crippen molar-refractivity contribution in [1.29, 1.82) is 0 Å². The Labute approximate surface area is 435 Å². The number of nitrogens with zero attached hydrogens (tertiary/aromatic N) is 7. The van der Waals surface area contributed by atoms with E-state index in [0.29, 0.717) is 48.9 Å². The molecule has 4 fully saturated rings. The molecule has 0 radical (unpaired) electrons. The SMILES string of the molecule is COc1ccc(CN2CCN(C3CC4(CCN(c5cc(Oc6cnc7[nH]ccc7c6)c(C(=O)NS(=O)(=O)c6cc([N+](=O)[O-])c(NCC7CCOCC7)c7[nH]cnc67)cn5)CC4)C3)C(c3ccccc3C(C)C)C2)cc1. The van der Waals surface area contributed by atoms with Gasteiger partial charge < -0.3 is 34.4 Å². The van der Waals surface area contributed by atoms with Gasteiger partial charge in [-0.15, -0.1) is 0 Å². The molecule has 4 N–H and O–H groups in total. The third kappa shape index (κ3) is 10.4. The summed E-state index contributed by atoms with van der Waals surface area (Å²) in [5, 5.41) is 16.4. The zero-order valence-corrected chi connectivity index (χ0v) is 43.3. The Morgan fingerprint density at radius 3 is 2.49 bits per heavy atom. The van der Waals surface area contributed by atoms with Crippen molar-refractivity contribution in [2.45, 2.75) is 81.8 Å². The molecule has 3 saturated heterocycles. The lowest BCUT2D eigenvalue weighted by atomic mass is 9.59. The number of aromatic nitrogens is 5. The normalized spacial score (nSPS) is 18.9. The number of ether oxygens (including phenoxy) is 3. The lowest BCUT2D eigenvalue weighted by molar-refractivity contribution is -0.384. The second kappa shape index (κ2) is 20.9. The molecular formula is C55H63N11O8S. The van der Waals surface area contributed by atoms with Gasteiger partial charge in [0.2, 0.25) is 0 Å². The van der Waals surface area contributed by atoms with Crippen molar-refractivity contribution in [2.75, 3.05) is 69.8 Å². The molecule has 1 amide bonds. The Balaban J connectivity index is 0.807. The average Bonchev–Trinajstić information content (AvgIpc) is 4.10. The summed E-state index contributed by atoms with van der Waals surface area (Å²) in [7, 11) is -3.07. The number of hydrogen-bond acceptors (Lipinski definition) is 15. The number of piperidine rings is 1. The van der Waals surface area contributed by atoms with E-state index in [0.717, 1.165) is 95.0 Å². The lowest BCUT2D eigenvalue weighted by Gasteiger charge is -2.58. The fourth-order valence-electron chi connectivity index (χ4n) is 11.8. The van der Waals surface area contributed by atoms with E-state index in [1.165, 1.54) is 35.4 Å². The Morgan fingerprint density at radius 2 is 1.73 bits per heavy atom. The van der Waals surface area contributed by atoms with Crippen LogP contribution in [0.1, 0.15) is 91.4 Å². The maximum absolute atomic E-state index is 14.3. The lowest BCUT2D eigenvalue weighted by Crippen LogP contribution is -2.60. The molecule has 0 bridgehead atoms. The highest BCUT2D eigenvalue weighted by atomic mass is 32.2. The number of H-pyrrole nitrogens is 2. The van der Waals surface area contributed by atoms with Crippen LogP contribution >= 0.6 is 0 Å². The van der Waals surface area contributed by atoms with E-state index in [9.17, 15) is 23.3 Å². The van der Waals surface area contributed by atoms with Gasteiger partial charge in [0.15, 0.2) is 0 Å². The molecule has 1 atom stereocenters.